The monoisotopic (exact) mass is 181 g/mol. The maximum absolute atomic E-state index is 9.51. The first-order chi connectivity index (χ1) is 6.07. The Hall–Kier alpha value is -1.71. The van der Waals surface area contributed by atoms with E-state index in [1.807, 2.05) is 0 Å². The Morgan fingerprint density at radius 1 is 1.38 bits per heavy atom. The molecule has 1 aromatic carbocycles. The predicted molar refractivity (Wildman–Crippen MR) is 48.8 cm³/mol. The van der Waals surface area contributed by atoms with Crippen LogP contribution in [0.25, 0.3) is 0 Å². The summed E-state index contributed by atoms with van der Waals surface area (Å²) in [6.45, 7) is 1.55. The molecule has 1 rings (SSSR count). The largest absolute Gasteiger partial charge is 0.504 e. The fraction of sp³-hybridized carbons (Fsp3) is 0.222. The average molecular weight is 181 g/mol. The van der Waals surface area contributed by atoms with E-state index >= 15 is 0 Å². The maximum atomic E-state index is 9.51. The first-order valence-electron chi connectivity index (χ1n) is 3.72. The molecule has 0 heterocycles. The second kappa shape index (κ2) is 3.35. The van der Waals surface area contributed by atoms with Gasteiger partial charge in [-0.05, 0) is 19.1 Å². The highest BCUT2D eigenvalue weighted by Crippen LogP contribution is 2.37. The van der Waals surface area contributed by atoms with Crippen LogP contribution in [0.1, 0.15) is 12.5 Å². The van der Waals surface area contributed by atoms with Crippen molar-refractivity contribution >= 4 is 5.71 Å². The van der Waals surface area contributed by atoms with Crippen molar-refractivity contribution in [2.45, 2.75) is 6.92 Å². The van der Waals surface area contributed by atoms with Crippen molar-refractivity contribution in [1.82, 2.24) is 0 Å². The van der Waals surface area contributed by atoms with Crippen LogP contribution in [0.4, 0.5) is 0 Å². The lowest BCUT2D eigenvalue weighted by atomic mass is 10.1. The molecule has 0 radical (unpaired) electrons. The molecule has 0 atom stereocenters. The number of hydrogen-bond donors (Lipinski definition) is 3. The van der Waals surface area contributed by atoms with Crippen LogP contribution in [-0.2, 0) is 0 Å². The molecule has 0 fully saturated rings. The molecule has 4 nitrogen and oxygen atoms in total. The summed E-state index contributed by atoms with van der Waals surface area (Å²) in [4.78, 5) is 0. The van der Waals surface area contributed by atoms with Crippen LogP contribution in [0.3, 0.4) is 0 Å². The topological polar surface area (TPSA) is 73.5 Å². The van der Waals surface area contributed by atoms with Crippen molar-refractivity contribution in [3.05, 3.63) is 17.7 Å². The zero-order valence-corrected chi connectivity index (χ0v) is 7.46. The van der Waals surface area contributed by atoms with Gasteiger partial charge in [-0.25, -0.2) is 0 Å². The summed E-state index contributed by atoms with van der Waals surface area (Å²) in [5, 5.41) is 26.1. The molecule has 4 heteroatoms. The van der Waals surface area contributed by atoms with E-state index in [0.717, 1.165) is 0 Å². The minimum absolute atomic E-state index is 0.00380. The number of hydrogen-bond acceptors (Lipinski definition) is 4. The van der Waals surface area contributed by atoms with E-state index in [2.05, 4.69) is 0 Å². The Bertz CT molecular complexity index is 347. The maximum Gasteiger partial charge on any atom is 0.203 e. The first-order valence-corrected chi connectivity index (χ1v) is 3.72. The minimum Gasteiger partial charge on any atom is -0.504 e. The number of phenolic OH excluding ortho intramolecular Hbond substituents is 2. The van der Waals surface area contributed by atoms with E-state index in [-0.39, 0.29) is 23.0 Å². The predicted octanol–water partition coefficient (Wildman–Crippen LogP) is 1.49. The lowest BCUT2D eigenvalue weighted by molar-refractivity contribution is 0.344. The molecule has 0 saturated heterocycles. The summed E-state index contributed by atoms with van der Waals surface area (Å²) in [6.07, 6.45) is 0. The third-order valence-corrected chi connectivity index (χ3v) is 1.72. The van der Waals surface area contributed by atoms with Gasteiger partial charge >= 0.3 is 0 Å². The molecule has 0 aliphatic heterocycles. The summed E-state index contributed by atoms with van der Waals surface area (Å²) in [6, 6.07) is 2.85. The molecular weight excluding hydrogens is 170 g/mol. The van der Waals surface area contributed by atoms with Gasteiger partial charge in [-0.1, -0.05) is 0 Å². The summed E-state index contributed by atoms with van der Waals surface area (Å²) in [5.41, 5.74) is 0.574. The SMILES string of the molecule is COc1c(O)ccc(C(C)=N)c1O. The Morgan fingerprint density at radius 2 is 2.00 bits per heavy atom. The highest BCUT2D eigenvalue weighted by atomic mass is 16.5. The number of benzene rings is 1. The van der Waals surface area contributed by atoms with Gasteiger partial charge in [0.05, 0.1) is 7.11 Å². The number of ether oxygens (including phenoxy) is 1. The Kier molecular flexibility index (Phi) is 2.41. The molecule has 0 aromatic heterocycles. The zero-order valence-electron chi connectivity index (χ0n) is 7.46. The van der Waals surface area contributed by atoms with Crippen LogP contribution in [-0.4, -0.2) is 23.0 Å². The van der Waals surface area contributed by atoms with E-state index < -0.39 is 0 Å². The highest BCUT2D eigenvalue weighted by molar-refractivity contribution is 5.99. The van der Waals surface area contributed by atoms with Crippen molar-refractivity contribution in [2.24, 2.45) is 0 Å². The van der Waals surface area contributed by atoms with Crippen LogP contribution >= 0.6 is 0 Å². The summed E-state index contributed by atoms with van der Waals surface area (Å²) < 4.78 is 4.77. The standard InChI is InChI=1S/C9H11NO3/c1-5(10)6-3-4-7(11)9(13-2)8(6)12/h3-4,10-12H,1-2H3. The molecule has 1 aromatic rings. The quantitative estimate of drug-likeness (QED) is 0.605. The van der Waals surface area contributed by atoms with E-state index in [1.54, 1.807) is 6.92 Å². The van der Waals surface area contributed by atoms with E-state index in [9.17, 15) is 10.2 Å². The Balaban J connectivity index is 3.35. The van der Waals surface area contributed by atoms with Crippen molar-refractivity contribution in [1.29, 1.82) is 5.41 Å². The first kappa shape index (κ1) is 9.38. The Labute approximate surface area is 75.9 Å². The zero-order chi connectivity index (χ0) is 10.0. The van der Waals surface area contributed by atoms with Crippen LogP contribution < -0.4 is 4.74 Å². The molecule has 0 spiro atoms. The van der Waals surface area contributed by atoms with Crippen LogP contribution in [0.2, 0.25) is 0 Å². The van der Waals surface area contributed by atoms with Crippen molar-refractivity contribution in [2.75, 3.05) is 7.11 Å². The number of aromatic hydroxyl groups is 2. The molecule has 70 valence electrons. The molecular formula is C9H11NO3. The van der Waals surface area contributed by atoms with Gasteiger partial charge in [-0.2, -0.15) is 0 Å². The fourth-order valence-electron chi connectivity index (χ4n) is 1.06. The van der Waals surface area contributed by atoms with Gasteiger partial charge in [0.25, 0.3) is 0 Å². The average Bonchev–Trinajstić information content (AvgIpc) is 2.04. The van der Waals surface area contributed by atoms with Gasteiger partial charge in [0.15, 0.2) is 11.5 Å². The van der Waals surface area contributed by atoms with Crippen molar-refractivity contribution in [3.8, 4) is 17.2 Å². The van der Waals surface area contributed by atoms with E-state index in [1.165, 1.54) is 19.2 Å². The minimum atomic E-state index is -0.199. The fourth-order valence-corrected chi connectivity index (χ4v) is 1.06. The summed E-state index contributed by atoms with van der Waals surface area (Å²) >= 11 is 0. The highest BCUT2D eigenvalue weighted by Gasteiger charge is 2.13. The summed E-state index contributed by atoms with van der Waals surface area (Å²) in [7, 11) is 1.35. The smallest absolute Gasteiger partial charge is 0.203 e. The molecule has 0 aliphatic carbocycles. The molecule has 3 N–H and O–H groups in total. The molecule has 0 saturated carbocycles. The normalized spacial score (nSPS) is 9.69. The Morgan fingerprint density at radius 3 is 2.46 bits per heavy atom. The second-order valence-electron chi connectivity index (χ2n) is 2.64. The third-order valence-electron chi connectivity index (χ3n) is 1.72. The van der Waals surface area contributed by atoms with E-state index in [0.29, 0.717) is 5.56 Å². The number of nitrogens with one attached hydrogen (secondary N) is 1. The van der Waals surface area contributed by atoms with Crippen molar-refractivity contribution < 1.29 is 14.9 Å². The van der Waals surface area contributed by atoms with Gasteiger partial charge in [0.2, 0.25) is 5.75 Å². The molecule has 0 amide bonds. The lowest BCUT2D eigenvalue weighted by Gasteiger charge is -2.08. The third kappa shape index (κ3) is 1.56. The van der Waals surface area contributed by atoms with Gasteiger partial charge in [0.1, 0.15) is 0 Å². The van der Waals surface area contributed by atoms with Crippen LogP contribution in [0, 0.1) is 5.41 Å². The van der Waals surface area contributed by atoms with Crippen LogP contribution in [0.5, 0.6) is 17.2 Å². The molecule has 13 heavy (non-hydrogen) atoms. The van der Waals surface area contributed by atoms with Gasteiger partial charge in [-0.15, -0.1) is 0 Å². The summed E-state index contributed by atoms with van der Waals surface area (Å²) in [5.74, 6) is -0.330. The number of rotatable bonds is 2. The molecule has 0 aliphatic rings. The van der Waals surface area contributed by atoms with Gasteiger partial charge in [0, 0.05) is 11.3 Å². The second-order valence-corrected chi connectivity index (χ2v) is 2.64. The lowest BCUT2D eigenvalue weighted by Crippen LogP contribution is -1.95. The van der Waals surface area contributed by atoms with Crippen molar-refractivity contribution in [3.63, 3.8) is 0 Å². The van der Waals surface area contributed by atoms with Gasteiger partial charge < -0.3 is 20.4 Å². The molecule has 0 bridgehead atoms. The number of methoxy groups -OCH3 is 1. The number of phenols is 2. The molecule has 0 unspecified atom stereocenters. The van der Waals surface area contributed by atoms with Gasteiger partial charge in [-0.3, -0.25) is 0 Å². The van der Waals surface area contributed by atoms with E-state index in [4.69, 9.17) is 10.1 Å². The van der Waals surface area contributed by atoms with Crippen LogP contribution in [0.15, 0.2) is 12.1 Å².